The molecule has 3 rings (SSSR count). The lowest BCUT2D eigenvalue weighted by Gasteiger charge is -2.24. The number of furan rings is 1. The van der Waals surface area contributed by atoms with Crippen molar-refractivity contribution in [3.05, 3.63) is 46.5 Å². The van der Waals surface area contributed by atoms with Crippen LogP contribution in [0.25, 0.3) is 0 Å². The van der Waals surface area contributed by atoms with E-state index in [1.807, 2.05) is 16.3 Å². The van der Waals surface area contributed by atoms with Gasteiger partial charge in [0.2, 0.25) is 5.91 Å². The number of carbonyl (C=O) groups excluding carboxylic acids is 2. The SMILES string of the molecule is O=C(NCC(=O)N1CCC[C@@H]1c1cccs1)c1ccco1. The van der Waals surface area contributed by atoms with E-state index in [0.29, 0.717) is 0 Å². The van der Waals surface area contributed by atoms with Gasteiger partial charge in [-0.15, -0.1) is 11.3 Å². The van der Waals surface area contributed by atoms with Gasteiger partial charge in [-0.05, 0) is 36.4 Å². The van der Waals surface area contributed by atoms with Crippen molar-refractivity contribution in [2.45, 2.75) is 18.9 Å². The second-order valence-corrected chi connectivity index (χ2v) is 5.90. The van der Waals surface area contributed by atoms with E-state index in [2.05, 4.69) is 11.4 Å². The van der Waals surface area contributed by atoms with Crippen LogP contribution in [0.1, 0.15) is 34.3 Å². The predicted molar refractivity (Wildman–Crippen MR) is 79.0 cm³/mol. The average molecular weight is 304 g/mol. The first kappa shape index (κ1) is 13.9. The lowest BCUT2D eigenvalue weighted by Crippen LogP contribution is -2.39. The van der Waals surface area contributed by atoms with Gasteiger partial charge in [-0.3, -0.25) is 9.59 Å². The van der Waals surface area contributed by atoms with Gasteiger partial charge >= 0.3 is 0 Å². The predicted octanol–water partition coefficient (Wildman–Crippen LogP) is 2.43. The number of hydrogen-bond donors (Lipinski definition) is 1. The summed E-state index contributed by atoms with van der Waals surface area (Å²) in [5.74, 6) is -0.190. The highest BCUT2D eigenvalue weighted by Crippen LogP contribution is 2.34. The van der Waals surface area contributed by atoms with Gasteiger partial charge in [0.25, 0.3) is 5.91 Å². The van der Waals surface area contributed by atoms with Gasteiger partial charge in [0.05, 0.1) is 18.8 Å². The summed E-state index contributed by atoms with van der Waals surface area (Å²) >= 11 is 1.67. The number of carbonyl (C=O) groups is 2. The van der Waals surface area contributed by atoms with Crippen LogP contribution in [0.15, 0.2) is 40.3 Å². The van der Waals surface area contributed by atoms with Crippen LogP contribution in [0.2, 0.25) is 0 Å². The minimum Gasteiger partial charge on any atom is -0.459 e. The smallest absolute Gasteiger partial charge is 0.287 e. The molecule has 0 saturated carbocycles. The first-order valence-electron chi connectivity index (χ1n) is 6.90. The Morgan fingerprint density at radius 3 is 3.00 bits per heavy atom. The molecule has 0 aromatic carbocycles. The summed E-state index contributed by atoms with van der Waals surface area (Å²) in [7, 11) is 0. The molecule has 3 heterocycles. The largest absolute Gasteiger partial charge is 0.459 e. The Morgan fingerprint density at radius 1 is 1.38 bits per heavy atom. The van der Waals surface area contributed by atoms with Gasteiger partial charge in [0.15, 0.2) is 5.76 Å². The molecule has 6 heteroatoms. The Balaban J connectivity index is 1.59. The Bertz CT molecular complexity index is 607. The quantitative estimate of drug-likeness (QED) is 0.943. The summed E-state index contributed by atoms with van der Waals surface area (Å²) in [5.41, 5.74) is 0. The Kier molecular flexibility index (Phi) is 4.06. The van der Waals surface area contributed by atoms with E-state index in [4.69, 9.17) is 4.42 Å². The second-order valence-electron chi connectivity index (χ2n) is 4.92. The fourth-order valence-electron chi connectivity index (χ4n) is 2.59. The van der Waals surface area contributed by atoms with Crippen LogP contribution in [0, 0.1) is 0 Å². The maximum Gasteiger partial charge on any atom is 0.287 e. The fourth-order valence-corrected chi connectivity index (χ4v) is 3.47. The topological polar surface area (TPSA) is 62.6 Å². The van der Waals surface area contributed by atoms with Crippen molar-refractivity contribution in [3.8, 4) is 0 Å². The molecule has 0 bridgehead atoms. The summed E-state index contributed by atoms with van der Waals surface area (Å²) in [6.45, 7) is 0.749. The highest BCUT2D eigenvalue weighted by atomic mass is 32.1. The molecule has 2 amide bonds. The minimum absolute atomic E-state index is 0.00140. The van der Waals surface area contributed by atoms with E-state index in [1.54, 1.807) is 23.5 Å². The first-order chi connectivity index (χ1) is 10.3. The van der Waals surface area contributed by atoms with Crippen LogP contribution in [0.5, 0.6) is 0 Å². The summed E-state index contributed by atoms with van der Waals surface area (Å²) in [6.07, 6.45) is 3.42. The summed E-state index contributed by atoms with van der Waals surface area (Å²) in [4.78, 5) is 27.1. The van der Waals surface area contributed by atoms with Gasteiger partial charge in [-0.25, -0.2) is 0 Å². The van der Waals surface area contributed by atoms with E-state index in [1.165, 1.54) is 11.1 Å². The molecule has 2 aromatic heterocycles. The number of nitrogens with zero attached hydrogens (tertiary/aromatic N) is 1. The molecule has 21 heavy (non-hydrogen) atoms. The molecular formula is C15H16N2O3S. The zero-order chi connectivity index (χ0) is 14.7. The van der Waals surface area contributed by atoms with Gasteiger partial charge in [-0.1, -0.05) is 6.07 Å². The number of likely N-dealkylation sites (tertiary alicyclic amines) is 1. The van der Waals surface area contributed by atoms with E-state index in [-0.39, 0.29) is 30.2 Å². The standard InChI is InChI=1S/C15H16N2O3S/c18-14(10-16-15(19)12-5-2-8-20-12)17-7-1-4-11(17)13-6-3-9-21-13/h2-3,5-6,8-9,11H,1,4,7,10H2,(H,16,19)/t11-/m1/s1. The van der Waals surface area contributed by atoms with Crippen molar-refractivity contribution >= 4 is 23.2 Å². The van der Waals surface area contributed by atoms with Crippen LogP contribution in [-0.2, 0) is 4.79 Å². The van der Waals surface area contributed by atoms with Crippen molar-refractivity contribution in [3.63, 3.8) is 0 Å². The summed E-state index contributed by atoms with van der Waals surface area (Å²) in [6, 6.07) is 7.42. The Morgan fingerprint density at radius 2 is 2.29 bits per heavy atom. The highest BCUT2D eigenvalue weighted by molar-refractivity contribution is 7.10. The molecule has 110 valence electrons. The van der Waals surface area contributed by atoms with Gasteiger partial charge in [0, 0.05) is 11.4 Å². The maximum atomic E-state index is 12.3. The zero-order valence-electron chi connectivity index (χ0n) is 11.5. The highest BCUT2D eigenvalue weighted by Gasteiger charge is 2.30. The van der Waals surface area contributed by atoms with Gasteiger partial charge in [0.1, 0.15) is 0 Å². The molecule has 1 aliphatic rings. The first-order valence-corrected chi connectivity index (χ1v) is 7.78. The number of rotatable bonds is 4. The third kappa shape index (κ3) is 3.00. The normalized spacial score (nSPS) is 17.9. The Hall–Kier alpha value is -2.08. The molecule has 0 unspecified atom stereocenters. The van der Waals surface area contributed by atoms with E-state index in [9.17, 15) is 9.59 Å². The number of amides is 2. The average Bonchev–Trinajstić information content (AvgIpc) is 3.25. The van der Waals surface area contributed by atoms with Crippen molar-refractivity contribution in [1.29, 1.82) is 0 Å². The molecule has 0 spiro atoms. The molecule has 0 aliphatic carbocycles. The molecule has 2 aromatic rings. The molecule has 1 aliphatic heterocycles. The number of nitrogens with one attached hydrogen (secondary N) is 1. The second kappa shape index (κ2) is 6.13. The van der Waals surface area contributed by atoms with Crippen LogP contribution in [0.4, 0.5) is 0 Å². The van der Waals surface area contributed by atoms with Crippen molar-refractivity contribution < 1.29 is 14.0 Å². The van der Waals surface area contributed by atoms with E-state index < -0.39 is 0 Å². The maximum absolute atomic E-state index is 12.3. The third-order valence-corrected chi connectivity index (χ3v) is 4.56. The van der Waals surface area contributed by atoms with Crippen molar-refractivity contribution in [1.82, 2.24) is 10.2 Å². The van der Waals surface area contributed by atoms with Gasteiger partial charge in [-0.2, -0.15) is 0 Å². The molecule has 1 fully saturated rings. The van der Waals surface area contributed by atoms with Crippen molar-refractivity contribution in [2.75, 3.05) is 13.1 Å². The number of thiophene rings is 1. The number of hydrogen-bond acceptors (Lipinski definition) is 4. The summed E-state index contributed by atoms with van der Waals surface area (Å²) in [5, 5.41) is 4.63. The zero-order valence-corrected chi connectivity index (χ0v) is 12.3. The van der Waals surface area contributed by atoms with Crippen LogP contribution >= 0.6 is 11.3 Å². The lowest BCUT2D eigenvalue weighted by molar-refractivity contribution is -0.131. The summed E-state index contributed by atoms with van der Waals surface area (Å²) < 4.78 is 5.00. The van der Waals surface area contributed by atoms with Crippen molar-refractivity contribution in [2.24, 2.45) is 0 Å². The van der Waals surface area contributed by atoms with Crippen LogP contribution in [0.3, 0.4) is 0 Å². The lowest BCUT2D eigenvalue weighted by atomic mass is 10.2. The molecule has 1 saturated heterocycles. The molecule has 0 radical (unpaired) electrons. The fraction of sp³-hybridized carbons (Fsp3) is 0.333. The molecular weight excluding hydrogens is 288 g/mol. The molecule has 1 atom stereocenters. The van der Waals surface area contributed by atoms with Crippen LogP contribution in [-0.4, -0.2) is 29.8 Å². The third-order valence-electron chi connectivity index (χ3n) is 3.59. The monoisotopic (exact) mass is 304 g/mol. The van der Waals surface area contributed by atoms with Crippen LogP contribution < -0.4 is 5.32 Å². The van der Waals surface area contributed by atoms with E-state index in [0.717, 1.165) is 19.4 Å². The minimum atomic E-state index is -0.361. The molecule has 5 nitrogen and oxygen atoms in total. The molecule has 1 N–H and O–H groups in total. The van der Waals surface area contributed by atoms with Gasteiger partial charge < -0.3 is 14.6 Å². The Labute approximate surface area is 126 Å². The van der Waals surface area contributed by atoms with E-state index >= 15 is 0 Å².